The molecule has 62 heavy (non-hydrogen) atoms. The number of hydrogen-bond donors (Lipinski definition) is 5. The first-order valence-corrected chi connectivity index (χ1v) is 21.3. The minimum atomic E-state index is -0.789. The SMILES string of the molecule is CCC.CNC(=O)c1nn(CC2(c3cccc4c3cnn4C)CCCC2)cc(O)c1=O.CNC(=O)c1nn(CC2(n3cc(C)c4cccnc43)C[C@@H]3C(CO)[C@@H]3C2)cc(O)c1=O. The van der Waals surface area contributed by atoms with E-state index in [0.717, 1.165) is 66.0 Å². The number of aliphatic hydroxyl groups is 1. The number of carbonyl (C=O) groups is 2. The maximum Gasteiger partial charge on any atom is 0.275 e. The van der Waals surface area contributed by atoms with Crippen molar-refractivity contribution in [2.45, 2.75) is 89.8 Å². The van der Waals surface area contributed by atoms with Crippen LogP contribution in [0.4, 0.5) is 0 Å². The number of aryl methyl sites for hydroxylation is 2. The summed E-state index contributed by atoms with van der Waals surface area (Å²) in [4.78, 5) is 53.0. The van der Waals surface area contributed by atoms with Gasteiger partial charge in [0.15, 0.2) is 22.9 Å². The van der Waals surface area contributed by atoms with Crippen LogP contribution in [0.5, 0.6) is 11.5 Å². The fraction of sp³-hybridized carbons (Fsp3) is 0.467. The second-order valence-corrected chi connectivity index (χ2v) is 17.0. The van der Waals surface area contributed by atoms with Crippen LogP contribution in [0.25, 0.3) is 21.9 Å². The van der Waals surface area contributed by atoms with Crippen molar-refractivity contribution in [3.05, 3.63) is 104 Å². The molecule has 1 aromatic carbocycles. The lowest BCUT2D eigenvalue weighted by Gasteiger charge is -2.34. The molecule has 0 aliphatic heterocycles. The van der Waals surface area contributed by atoms with Gasteiger partial charge in [-0.05, 0) is 79.7 Å². The third-order valence-electron chi connectivity index (χ3n) is 12.8. The van der Waals surface area contributed by atoms with Gasteiger partial charge in [0.1, 0.15) is 5.65 Å². The minimum absolute atomic E-state index is 0.187. The Morgan fingerprint density at radius 3 is 1.98 bits per heavy atom. The summed E-state index contributed by atoms with van der Waals surface area (Å²) in [6.07, 6.45) is 15.4. The molecule has 5 aromatic heterocycles. The predicted molar refractivity (Wildman–Crippen MR) is 233 cm³/mol. The van der Waals surface area contributed by atoms with Crippen LogP contribution < -0.4 is 21.5 Å². The van der Waals surface area contributed by atoms with Gasteiger partial charge >= 0.3 is 0 Å². The highest BCUT2D eigenvalue weighted by molar-refractivity contribution is 5.92. The van der Waals surface area contributed by atoms with E-state index in [0.29, 0.717) is 30.8 Å². The molecule has 17 heteroatoms. The topological polar surface area (TPSA) is 224 Å². The van der Waals surface area contributed by atoms with E-state index in [9.17, 15) is 34.5 Å². The third kappa shape index (κ3) is 7.96. The number of aromatic hydroxyl groups is 2. The molecule has 6 aromatic rings. The highest BCUT2D eigenvalue weighted by atomic mass is 16.3. The molecule has 328 valence electrons. The largest absolute Gasteiger partial charge is 0.503 e. The molecule has 2 amide bonds. The summed E-state index contributed by atoms with van der Waals surface area (Å²) in [5.41, 5.74) is 1.47. The monoisotopic (exact) mass is 848 g/mol. The molecule has 9 rings (SSSR count). The van der Waals surface area contributed by atoms with Crippen LogP contribution in [0, 0.1) is 24.7 Å². The van der Waals surface area contributed by atoms with Crippen molar-refractivity contribution in [2.24, 2.45) is 24.8 Å². The molecule has 5 N–H and O–H groups in total. The summed E-state index contributed by atoms with van der Waals surface area (Å²) in [7, 11) is 4.77. The van der Waals surface area contributed by atoms with Gasteiger partial charge in [0.05, 0.1) is 42.7 Å². The highest BCUT2D eigenvalue weighted by Gasteiger charge is 2.62. The smallest absolute Gasteiger partial charge is 0.275 e. The van der Waals surface area contributed by atoms with E-state index in [4.69, 9.17) is 0 Å². The Kier molecular flexibility index (Phi) is 12.4. The van der Waals surface area contributed by atoms with Crippen LogP contribution in [-0.4, -0.2) is 86.7 Å². The Bertz CT molecular complexity index is 2730. The van der Waals surface area contributed by atoms with Gasteiger partial charge in [0.25, 0.3) is 22.7 Å². The lowest BCUT2D eigenvalue weighted by molar-refractivity contribution is 0.0945. The zero-order valence-corrected chi connectivity index (χ0v) is 36.1. The van der Waals surface area contributed by atoms with Crippen molar-refractivity contribution in [3.63, 3.8) is 0 Å². The lowest BCUT2D eigenvalue weighted by Crippen LogP contribution is -2.39. The van der Waals surface area contributed by atoms with Gasteiger partial charge in [-0.3, -0.25) is 33.2 Å². The van der Waals surface area contributed by atoms with Crippen molar-refractivity contribution in [3.8, 4) is 11.5 Å². The van der Waals surface area contributed by atoms with Crippen LogP contribution in [0.15, 0.2) is 70.9 Å². The standard InChI is InChI=1S/C22H25N5O4.C20H23N5O3.C3H8/c1-12-8-27(20-13(12)4-3-5-24-20)22(6-14-15(7-22)16(14)10-28)11-26-9-17(29)19(30)18(25-26)21(31)23-2;1-21-19(28)17-18(27)16(26)11-25(23-17)12-20(8-3-4-9-20)14-6-5-7-15-13(14)10-22-24(15)2;1-3-2/h3-5,8-9,14-16,28-29H,6-7,10-11H2,1-2H3,(H,23,31);5-7,10-11,26H,3-4,8-9,12H2,1-2H3,(H,21,28);3H2,1-2H3/t14-,15+,16?,22?;;. The number of benzene rings is 1. The molecule has 2 unspecified atom stereocenters. The first-order chi connectivity index (χ1) is 29.7. The molecule has 0 saturated heterocycles. The molecule has 4 atom stereocenters. The molecule has 3 aliphatic rings. The average Bonchev–Trinajstić information content (AvgIpc) is 3.79. The van der Waals surface area contributed by atoms with Crippen LogP contribution in [0.1, 0.15) is 90.9 Å². The fourth-order valence-electron chi connectivity index (χ4n) is 9.91. The molecular formula is C45H56N10O7. The summed E-state index contributed by atoms with van der Waals surface area (Å²) < 4.78 is 7.06. The number of carbonyl (C=O) groups excluding carboxylic acids is 2. The van der Waals surface area contributed by atoms with E-state index in [1.807, 2.05) is 49.1 Å². The maximum atomic E-state index is 12.2. The molecule has 0 spiro atoms. The number of pyridine rings is 1. The summed E-state index contributed by atoms with van der Waals surface area (Å²) in [5.74, 6) is -1.07. The van der Waals surface area contributed by atoms with Crippen molar-refractivity contribution < 1.29 is 24.9 Å². The van der Waals surface area contributed by atoms with Gasteiger partial charge in [0.2, 0.25) is 0 Å². The summed E-state index contributed by atoms with van der Waals surface area (Å²) in [6.45, 7) is 7.33. The number of rotatable bonds is 9. The molecule has 5 heterocycles. The average molecular weight is 849 g/mol. The van der Waals surface area contributed by atoms with Crippen molar-refractivity contribution in [2.75, 3.05) is 20.7 Å². The number of aliphatic hydroxyl groups excluding tert-OH is 1. The first kappa shape index (κ1) is 43.7. The van der Waals surface area contributed by atoms with Gasteiger partial charge < -0.3 is 30.5 Å². The van der Waals surface area contributed by atoms with E-state index < -0.39 is 39.7 Å². The summed E-state index contributed by atoms with van der Waals surface area (Å²) in [5, 5.41) is 49.7. The second kappa shape index (κ2) is 17.6. The van der Waals surface area contributed by atoms with E-state index in [1.165, 1.54) is 47.8 Å². The van der Waals surface area contributed by atoms with E-state index >= 15 is 0 Å². The summed E-state index contributed by atoms with van der Waals surface area (Å²) >= 11 is 0. The molecular weight excluding hydrogens is 793 g/mol. The molecule has 17 nitrogen and oxygen atoms in total. The Balaban J connectivity index is 0.000000176. The Morgan fingerprint density at radius 2 is 1.42 bits per heavy atom. The third-order valence-corrected chi connectivity index (χ3v) is 12.8. The number of nitrogens with zero attached hydrogens (tertiary/aromatic N) is 8. The van der Waals surface area contributed by atoms with Crippen LogP contribution in [0.2, 0.25) is 0 Å². The van der Waals surface area contributed by atoms with Gasteiger partial charge in [-0.1, -0.05) is 45.2 Å². The van der Waals surface area contributed by atoms with Crippen molar-refractivity contribution in [1.29, 1.82) is 0 Å². The van der Waals surface area contributed by atoms with E-state index in [-0.39, 0.29) is 23.4 Å². The van der Waals surface area contributed by atoms with Crippen LogP contribution >= 0.6 is 0 Å². The molecule has 3 aliphatic carbocycles. The predicted octanol–water partition coefficient (Wildman–Crippen LogP) is 4.13. The summed E-state index contributed by atoms with van der Waals surface area (Å²) in [6, 6.07) is 10.2. The molecule has 0 bridgehead atoms. The van der Waals surface area contributed by atoms with E-state index in [2.05, 4.69) is 61.6 Å². The van der Waals surface area contributed by atoms with Crippen molar-refractivity contribution in [1.82, 2.24) is 49.5 Å². The Morgan fingerprint density at radius 1 is 0.839 bits per heavy atom. The normalized spacial score (nSPS) is 20.8. The van der Waals surface area contributed by atoms with Gasteiger partial charge in [0, 0.05) is 56.3 Å². The zero-order valence-electron chi connectivity index (χ0n) is 36.1. The number of fused-ring (bicyclic) bond motifs is 3. The van der Waals surface area contributed by atoms with Gasteiger partial charge in [-0.25, -0.2) is 4.98 Å². The number of aromatic nitrogens is 8. The number of hydrogen-bond acceptors (Lipinski definition) is 11. The lowest BCUT2D eigenvalue weighted by atomic mass is 9.77. The highest BCUT2D eigenvalue weighted by Crippen LogP contribution is 2.63. The number of nitrogens with one attached hydrogen (secondary N) is 2. The molecule has 0 radical (unpaired) electrons. The van der Waals surface area contributed by atoms with Crippen LogP contribution in [-0.2, 0) is 31.1 Å². The molecule has 3 saturated carbocycles. The fourth-order valence-corrected chi connectivity index (χ4v) is 9.91. The van der Waals surface area contributed by atoms with Gasteiger partial charge in [-0.2, -0.15) is 15.3 Å². The quantitative estimate of drug-likeness (QED) is 0.139. The van der Waals surface area contributed by atoms with Gasteiger partial charge in [-0.15, -0.1) is 0 Å². The Hall–Kier alpha value is -6.36. The molecule has 3 fully saturated rings. The second-order valence-electron chi connectivity index (χ2n) is 17.0. The van der Waals surface area contributed by atoms with Crippen LogP contribution in [0.3, 0.4) is 0 Å². The first-order valence-electron chi connectivity index (χ1n) is 21.3. The minimum Gasteiger partial charge on any atom is -0.503 e. The zero-order chi connectivity index (χ0) is 44.5. The van der Waals surface area contributed by atoms with Crippen molar-refractivity contribution >= 4 is 33.8 Å². The van der Waals surface area contributed by atoms with E-state index in [1.54, 1.807) is 6.20 Å². The number of amides is 2. The Labute approximate surface area is 358 Å². The maximum absolute atomic E-state index is 12.2.